The van der Waals surface area contributed by atoms with Crippen molar-refractivity contribution in [1.82, 2.24) is 0 Å². The molecule has 1 aromatic carbocycles. The standard InChI is InChI=1S/C16H18N2O/c1-18-14-5-3-12(9-13(14)4-6-15(18)19)10-16(11-17)7-2-8-16/h3,5,9H,2,4,6-8,10H2,1H3. The molecule has 0 N–H and O–H groups in total. The van der Waals surface area contributed by atoms with Crippen LogP contribution in [0.15, 0.2) is 18.2 Å². The Morgan fingerprint density at radius 1 is 1.37 bits per heavy atom. The van der Waals surface area contributed by atoms with E-state index in [1.807, 2.05) is 13.1 Å². The van der Waals surface area contributed by atoms with Crippen LogP contribution >= 0.6 is 0 Å². The number of amides is 1. The van der Waals surface area contributed by atoms with E-state index >= 15 is 0 Å². The predicted octanol–water partition coefficient (Wildman–Crippen LogP) is 2.83. The second-order valence-electron chi connectivity index (χ2n) is 5.84. The Hall–Kier alpha value is -1.82. The molecule has 1 fully saturated rings. The molecule has 0 saturated heterocycles. The molecule has 0 aromatic heterocycles. The van der Waals surface area contributed by atoms with Crippen molar-refractivity contribution in [2.75, 3.05) is 11.9 Å². The number of anilines is 1. The smallest absolute Gasteiger partial charge is 0.227 e. The number of nitriles is 1. The minimum atomic E-state index is -0.120. The number of aryl methyl sites for hydroxylation is 1. The largest absolute Gasteiger partial charge is 0.315 e. The van der Waals surface area contributed by atoms with Gasteiger partial charge in [-0.15, -0.1) is 0 Å². The highest BCUT2D eigenvalue weighted by molar-refractivity contribution is 5.95. The lowest BCUT2D eigenvalue weighted by Gasteiger charge is -2.35. The molecule has 1 amide bonds. The molecule has 0 atom stereocenters. The minimum Gasteiger partial charge on any atom is -0.315 e. The maximum Gasteiger partial charge on any atom is 0.227 e. The van der Waals surface area contributed by atoms with E-state index in [2.05, 4.69) is 18.2 Å². The molecule has 1 saturated carbocycles. The van der Waals surface area contributed by atoms with E-state index in [0.717, 1.165) is 31.4 Å². The average molecular weight is 254 g/mol. The molecule has 2 aliphatic rings. The molecule has 98 valence electrons. The normalized spacial score (nSPS) is 20.4. The van der Waals surface area contributed by atoms with Crippen LogP contribution in [-0.4, -0.2) is 13.0 Å². The average Bonchev–Trinajstić information content (AvgIpc) is 2.38. The Morgan fingerprint density at radius 2 is 2.16 bits per heavy atom. The quantitative estimate of drug-likeness (QED) is 0.814. The Bertz CT molecular complexity index is 567. The van der Waals surface area contributed by atoms with Crippen molar-refractivity contribution in [2.24, 2.45) is 5.41 Å². The van der Waals surface area contributed by atoms with Gasteiger partial charge in [-0.05, 0) is 42.9 Å². The highest BCUT2D eigenvalue weighted by Gasteiger charge is 2.37. The van der Waals surface area contributed by atoms with E-state index in [1.54, 1.807) is 4.90 Å². The summed E-state index contributed by atoms with van der Waals surface area (Å²) in [6.45, 7) is 0. The molecule has 19 heavy (non-hydrogen) atoms. The lowest BCUT2D eigenvalue weighted by Crippen LogP contribution is -2.32. The van der Waals surface area contributed by atoms with E-state index in [0.29, 0.717) is 6.42 Å². The van der Waals surface area contributed by atoms with Crippen LogP contribution in [0.5, 0.6) is 0 Å². The molecular weight excluding hydrogens is 236 g/mol. The van der Waals surface area contributed by atoms with Crippen LogP contribution in [0.1, 0.15) is 36.8 Å². The van der Waals surface area contributed by atoms with Gasteiger partial charge < -0.3 is 4.90 Å². The fourth-order valence-electron chi connectivity index (χ4n) is 3.14. The van der Waals surface area contributed by atoms with E-state index in [-0.39, 0.29) is 11.3 Å². The van der Waals surface area contributed by atoms with Gasteiger partial charge in [-0.2, -0.15) is 5.26 Å². The predicted molar refractivity (Wildman–Crippen MR) is 73.8 cm³/mol. The Labute approximate surface area is 113 Å². The fourth-order valence-corrected chi connectivity index (χ4v) is 3.14. The van der Waals surface area contributed by atoms with Gasteiger partial charge in [0.15, 0.2) is 0 Å². The number of benzene rings is 1. The topological polar surface area (TPSA) is 44.1 Å². The fraction of sp³-hybridized carbons (Fsp3) is 0.500. The first-order valence-corrected chi connectivity index (χ1v) is 6.93. The van der Waals surface area contributed by atoms with Gasteiger partial charge in [-0.25, -0.2) is 0 Å². The summed E-state index contributed by atoms with van der Waals surface area (Å²) < 4.78 is 0. The molecule has 0 spiro atoms. The zero-order valence-corrected chi connectivity index (χ0v) is 11.3. The van der Waals surface area contributed by atoms with E-state index < -0.39 is 0 Å². The molecule has 0 radical (unpaired) electrons. The molecule has 1 heterocycles. The molecule has 1 aliphatic carbocycles. The van der Waals surface area contributed by atoms with Gasteiger partial charge in [0.25, 0.3) is 0 Å². The van der Waals surface area contributed by atoms with Crippen LogP contribution in [-0.2, 0) is 17.6 Å². The minimum absolute atomic E-state index is 0.120. The van der Waals surface area contributed by atoms with Crippen LogP contribution in [0.2, 0.25) is 0 Å². The second kappa shape index (κ2) is 4.38. The van der Waals surface area contributed by atoms with Crippen molar-refractivity contribution >= 4 is 11.6 Å². The van der Waals surface area contributed by atoms with Crippen LogP contribution in [0, 0.1) is 16.7 Å². The van der Waals surface area contributed by atoms with Crippen LogP contribution in [0.3, 0.4) is 0 Å². The molecule has 1 aliphatic heterocycles. The lowest BCUT2D eigenvalue weighted by atomic mass is 9.66. The summed E-state index contributed by atoms with van der Waals surface area (Å²) in [4.78, 5) is 13.4. The first-order chi connectivity index (χ1) is 9.13. The Kier molecular flexibility index (Phi) is 2.82. The molecule has 1 aromatic rings. The summed E-state index contributed by atoms with van der Waals surface area (Å²) >= 11 is 0. The summed E-state index contributed by atoms with van der Waals surface area (Å²) in [5.41, 5.74) is 3.39. The van der Waals surface area contributed by atoms with E-state index in [1.165, 1.54) is 17.5 Å². The number of rotatable bonds is 2. The first-order valence-electron chi connectivity index (χ1n) is 6.93. The molecule has 0 unspecified atom stereocenters. The Morgan fingerprint density at radius 3 is 2.79 bits per heavy atom. The lowest BCUT2D eigenvalue weighted by molar-refractivity contribution is -0.118. The van der Waals surface area contributed by atoms with Crippen molar-refractivity contribution in [3.05, 3.63) is 29.3 Å². The van der Waals surface area contributed by atoms with Crippen molar-refractivity contribution in [3.63, 3.8) is 0 Å². The van der Waals surface area contributed by atoms with Gasteiger partial charge in [0.05, 0.1) is 11.5 Å². The van der Waals surface area contributed by atoms with Crippen LogP contribution in [0.25, 0.3) is 0 Å². The van der Waals surface area contributed by atoms with Crippen LogP contribution < -0.4 is 4.90 Å². The van der Waals surface area contributed by atoms with Gasteiger partial charge in [0.1, 0.15) is 0 Å². The zero-order valence-electron chi connectivity index (χ0n) is 11.3. The highest BCUT2D eigenvalue weighted by Crippen LogP contribution is 2.43. The van der Waals surface area contributed by atoms with Crippen LogP contribution in [0.4, 0.5) is 5.69 Å². The van der Waals surface area contributed by atoms with Crippen molar-refractivity contribution in [3.8, 4) is 6.07 Å². The SMILES string of the molecule is CN1C(=O)CCc2cc(CC3(C#N)CCC3)ccc21. The van der Waals surface area contributed by atoms with Crippen molar-refractivity contribution in [1.29, 1.82) is 5.26 Å². The van der Waals surface area contributed by atoms with Gasteiger partial charge in [-0.3, -0.25) is 4.79 Å². The van der Waals surface area contributed by atoms with Gasteiger partial charge in [-0.1, -0.05) is 18.6 Å². The van der Waals surface area contributed by atoms with E-state index in [4.69, 9.17) is 0 Å². The summed E-state index contributed by atoms with van der Waals surface area (Å²) in [5.74, 6) is 0.188. The number of hydrogen-bond donors (Lipinski definition) is 0. The number of carbonyl (C=O) groups is 1. The molecule has 3 heteroatoms. The summed E-state index contributed by atoms with van der Waals surface area (Å²) in [5, 5.41) is 9.31. The first kappa shape index (κ1) is 12.2. The van der Waals surface area contributed by atoms with Crippen molar-refractivity contribution < 1.29 is 4.79 Å². The zero-order chi connectivity index (χ0) is 13.5. The molecule has 3 nitrogen and oxygen atoms in total. The monoisotopic (exact) mass is 254 g/mol. The number of hydrogen-bond acceptors (Lipinski definition) is 2. The Balaban J connectivity index is 1.86. The van der Waals surface area contributed by atoms with Crippen molar-refractivity contribution in [2.45, 2.75) is 38.5 Å². The highest BCUT2D eigenvalue weighted by atomic mass is 16.2. The third-order valence-corrected chi connectivity index (χ3v) is 4.58. The molecule has 3 rings (SSSR count). The second-order valence-corrected chi connectivity index (χ2v) is 5.84. The summed E-state index contributed by atoms with van der Waals surface area (Å²) in [6.07, 6.45) is 5.50. The maximum atomic E-state index is 11.7. The number of nitrogens with zero attached hydrogens (tertiary/aromatic N) is 2. The molecule has 0 bridgehead atoms. The summed E-state index contributed by atoms with van der Waals surface area (Å²) in [6, 6.07) is 8.79. The van der Waals surface area contributed by atoms with Gasteiger partial charge >= 0.3 is 0 Å². The van der Waals surface area contributed by atoms with E-state index in [9.17, 15) is 10.1 Å². The number of carbonyl (C=O) groups excluding carboxylic acids is 1. The summed E-state index contributed by atoms with van der Waals surface area (Å²) in [7, 11) is 1.84. The third kappa shape index (κ3) is 2.02. The van der Waals surface area contributed by atoms with Gasteiger partial charge in [0.2, 0.25) is 5.91 Å². The molecular formula is C16H18N2O. The number of fused-ring (bicyclic) bond motifs is 1. The third-order valence-electron chi connectivity index (χ3n) is 4.58. The van der Waals surface area contributed by atoms with Gasteiger partial charge in [0, 0.05) is 19.2 Å². The maximum absolute atomic E-state index is 11.7.